The summed E-state index contributed by atoms with van der Waals surface area (Å²) in [6.45, 7) is 1.13. The molecule has 0 fully saturated rings. The number of benzene rings is 1. The van der Waals surface area contributed by atoms with Crippen molar-refractivity contribution in [2.45, 2.75) is 19.3 Å². The lowest BCUT2D eigenvalue weighted by Crippen LogP contribution is -2.04. The molecule has 0 radical (unpaired) electrons. The monoisotopic (exact) mass is 234 g/mol. The summed E-state index contributed by atoms with van der Waals surface area (Å²) in [6.07, 6.45) is 4.67. The third-order valence-electron chi connectivity index (χ3n) is 2.76. The first-order valence-electron chi connectivity index (χ1n) is 5.88. The Kier molecular flexibility index (Phi) is 3.82. The SMILES string of the molecule is Nc1cc2cn[nH]c2cc1NCCCCCO. The number of nitrogens with two attached hydrogens (primary N) is 1. The molecule has 0 unspecified atom stereocenters. The Bertz CT molecular complexity index is 480. The number of aromatic amines is 1. The molecule has 0 amide bonds. The number of nitrogen functional groups attached to an aromatic ring is 1. The van der Waals surface area contributed by atoms with Gasteiger partial charge in [-0.05, 0) is 31.4 Å². The van der Waals surface area contributed by atoms with Gasteiger partial charge in [0.15, 0.2) is 0 Å². The van der Waals surface area contributed by atoms with Crippen molar-refractivity contribution in [3.63, 3.8) is 0 Å². The van der Waals surface area contributed by atoms with E-state index in [1.165, 1.54) is 0 Å². The first-order chi connectivity index (χ1) is 8.31. The van der Waals surface area contributed by atoms with Gasteiger partial charge < -0.3 is 16.2 Å². The van der Waals surface area contributed by atoms with E-state index in [0.29, 0.717) is 0 Å². The molecule has 1 heterocycles. The molecule has 0 aliphatic heterocycles. The highest BCUT2D eigenvalue weighted by molar-refractivity contribution is 5.88. The Labute approximate surface area is 100 Å². The molecule has 0 bridgehead atoms. The number of anilines is 2. The quantitative estimate of drug-likeness (QED) is 0.453. The maximum absolute atomic E-state index is 8.67. The van der Waals surface area contributed by atoms with Gasteiger partial charge in [0, 0.05) is 18.5 Å². The second-order valence-electron chi connectivity index (χ2n) is 4.11. The summed E-state index contributed by atoms with van der Waals surface area (Å²) >= 11 is 0. The lowest BCUT2D eigenvalue weighted by Gasteiger charge is -2.09. The highest BCUT2D eigenvalue weighted by Crippen LogP contribution is 2.24. The highest BCUT2D eigenvalue weighted by atomic mass is 16.2. The van der Waals surface area contributed by atoms with Crippen molar-refractivity contribution in [1.29, 1.82) is 0 Å². The summed E-state index contributed by atoms with van der Waals surface area (Å²) in [4.78, 5) is 0. The molecule has 2 rings (SSSR count). The van der Waals surface area contributed by atoms with Crippen molar-refractivity contribution >= 4 is 22.3 Å². The number of rotatable bonds is 6. The summed E-state index contributed by atoms with van der Waals surface area (Å²) in [7, 11) is 0. The van der Waals surface area contributed by atoms with Gasteiger partial charge in [-0.3, -0.25) is 5.10 Å². The molecule has 1 aromatic heterocycles. The van der Waals surface area contributed by atoms with E-state index in [1.807, 2.05) is 12.1 Å². The first kappa shape index (κ1) is 11.7. The first-order valence-corrected chi connectivity index (χ1v) is 5.88. The Balaban J connectivity index is 1.95. The molecule has 17 heavy (non-hydrogen) atoms. The predicted molar refractivity (Wildman–Crippen MR) is 69.9 cm³/mol. The number of aliphatic hydroxyl groups is 1. The molecule has 0 spiro atoms. The average molecular weight is 234 g/mol. The second kappa shape index (κ2) is 5.54. The van der Waals surface area contributed by atoms with Gasteiger partial charge in [0.2, 0.25) is 0 Å². The number of H-pyrrole nitrogens is 1. The van der Waals surface area contributed by atoms with Crippen molar-refractivity contribution in [2.24, 2.45) is 0 Å². The zero-order chi connectivity index (χ0) is 12.1. The van der Waals surface area contributed by atoms with Crippen LogP contribution in [0.1, 0.15) is 19.3 Å². The van der Waals surface area contributed by atoms with Crippen LogP contribution in [0.3, 0.4) is 0 Å². The molecule has 5 N–H and O–H groups in total. The van der Waals surface area contributed by atoms with Crippen LogP contribution in [0.5, 0.6) is 0 Å². The number of unbranched alkanes of at least 4 members (excludes halogenated alkanes) is 2. The zero-order valence-electron chi connectivity index (χ0n) is 9.74. The fourth-order valence-electron chi connectivity index (χ4n) is 1.80. The Hall–Kier alpha value is -1.75. The van der Waals surface area contributed by atoms with Gasteiger partial charge >= 0.3 is 0 Å². The Morgan fingerprint density at radius 2 is 2.18 bits per heavy atom. The summed E-state index contributed by atoms with van der Waals surface area (Å²) in [5, 5.41) is 19.9. The Morgan fingerprint density at radius 3 is 3.00 bits per heavy atom. The highest BCUT2D eigenvalue weighted by Gasteiger charge is 2.02. The predicted octanol–water partition coefficient (Wildman–Crippen LogP) is 1.72. The van der Waals surface area contributed by atoms with Crippen molar-refractivity contribution in [3.05, 3.63) is 18.3 Å². The number of aliphatic hydroxyl groups excluding tert-OH is 1. The summed E-state index contributed by atoms with van der Waals surface area (Å²) in [5.74, 6) is 0. The van der Waals surface area contributed by atoms with E-state index < -0.39 is 0 Å². The minimum absolute atomic E-state index is 0.266. The molecule has 1 aromatic carbocycles. The van der Waals surface area contributed by atoms with Crippen molar-refractivity contribution in [3.8, 4) is 0 Å². The topological polar surface area (TPSA) is 87.0 Å². The number of fused-ring (bicyclic) bond motifs is 1. The fourth-order valence-corrected chi connectivity index (χ4v) is 1.80. The molecule has 92 valence electrons. The van der Waals surface area contributed by atoms with E-state index in [4.69, 9.17) is 10.8 Å². The molecule has 0 atom stereocenters. The molecule has 0 saturated heterocycles. The van der Waals surface area contributed by atoms with Crippen LogP contribution in [0.15, 0.2) is 18.3 Å². The minimum atomic E-state index is 0.266. The van der Waals surface area contributed by atoms with Gasteiger partial charge in [-0.15, -0.1) is 0 Å². The van der Waals surface area contributed by atoms with Crippen LogP contribution in [0.2, 0.25) is 0 Å². The average Bonchev–Trinajstić information content (AvgIpc) is 2.76. The third-order valence-corrected chi connectivity index (χ3v) is 2.76. The smallest absolute Gasteiger partial charge is 0.0672 e. The van der Waals surface area contributed by atoms with Crippen molar-refractivity contribution in [1.82, 2.24) is 10.2 Å². The van der Waals surface area contributed by atoms with E-state index in [1.54, 1.807) is 6.20 Å². The lowest BCUT2D eigenvalue weighted by molar-refractivity contribution is 0.283. The number of nitrogens with one attached hydrogen (secondary N) is 2. The Morgan fingerprint density at radius 1 is 1.29 bits per heavy atom. The van der Waals surface area contributed by atoms with Gasteiger partial charge in [0.1, 0.15) is 0 Å². The molecule has 5 heteroatoms. The number of hydrogen-bond donors (Lipinski definition) is 4. The molecule has 0 saturated carbocycles. The van der Waals surface area contributed by atoms with E-state index in [9.17, 15) is 0 Å². The number of hydrogen-bond acceptors (Lipinski definition) is 4. The summed E-state index contributed by atoms with van der Waals surface area (Å²) < 4.78 is 0. The molecular weight excluding hydrogens is 216 g/mol. The van der Waals surface area contributed by atoms with Gasteiger partial charge in [-0.2, -0.15) is 5.10 Å². The zero-order valence-corrected chi connectivity index (χ0v) is 9.74. The van der Waals surface area contributed by atoms with Gasteiger partial charge in [0.05, 0.1) is 23.1 Å². The van der Waals surface area contributed by atoms with Crippen LogP contribution in [-0.4, -0.2) is 28.5 Å². The number of aromatic nitrogens is 2. The second-order valence-corrected chi connectivity index (χ2v) is 4.11. The number of nitrogens with zero attached hydrogens (tertiary/aromatic N) is 1. The van der Waals surface area contributed by atoms with Gasteiger partial charge in [-0.25, -0.2) is 0 Å². The third kappa shape index (κ3) is 2.88. The van der Waals surface area contributed by atoms with Crippen LogP contribution >= 0.6 is 0 Å². The lowest BCUT2D eigenvalue weighted by atomic mass is 10.2. The van der Waals surface area contributed by atoms with Crippen LogP contribution in [0.25, 0.3) is 10.9 Å². The van der Waals surface area contributed by atoms with E-state index in [-0.39, 0.29) is 6.61 Å². The largest absolute Gasteiger partial charge is 0.397 e. The molecule has 0 aliphatic carbocycles. The van der Waals surface area contributed by atoms with Crippen molar-refractivity contribution in [2.75, 3.05) is 24.2 Å². The molecule has 2 aromatic rings. The summed E-state index contributed by atoms with van der Waals surface area (Å²) in [6, 6.07) is 3.89. The maximum Gasteiger partial charge on any atom is 0.0672 e. The standard InChI is InChI=1S/C12H18N4O/c13-10-6-9-8-15-16-11(9)7-12(10)14-4-2-1-3-5-17/h6-8,14,17H,1-5,13H2,(H,15,16). The van der Waals surface area contributed by atoms with Crippen LogP contribution < -0.4 is 11.1 Å². The molecule has 0 aliphatic rings. The van der Waals surface area contributed by atoms with E-state index in [2.05, 4.69) is 15.5 Å². The molecule has 5 nitrogen and oxygen atoms in total. The minimum Gasteiger partial charge on any atom is -0.397 e. The van der Waals surface area contributed by atoms with E-state index >= 15 is 0 Å². The normalized spacial score (nSPS) is 10.9. The van der Waals surface area contributed by atoms with Crippen LogP contribution in [-0.2, 0) is 0 Å². The van der Waals surface area contributed by atoms with Crippen LogP contribution in [0, 0.1) is 0 Å². The van der Waals surface area contributed by atoms with Crippen molar-refractivity contribution < 1.29 is 5.11 Å². The summed E-state index contributed by atoms with van der Waals surface area (Å²) in [5.41, 5.74) is 8.60. The fraction of sp³-hybridized carbons (Fsp3) is 0.417. The van der Waals surface area contributed by atoms with Gasteiger partial charge in [-0.1, -0.05) is 0 Å². The van der Waals surface area contributed by atoms with Gasteiger partial charge in [0.25, 0.3) is 0 Å². The van der Waals surface area contributed by atoms with E-state index in [0.717, 1.165) is 48.1 Å². The maximum atomic E-state index is 8.67. The molecular formula is C12H18N4O. The van der Waals surface area contributed by atoms with Crippen LogP contribution in [0.4, 0.5) is 11.4 Å².